The molecule has 56 heavy (non-hydrogen) atoms. The van der Waals surface area contributed by atoms with Crippen LogP contribution in [0.3, 0.4) is 0 Å². The van der Waals surface area contributed by atoms with Crippen molar-refractivity contribution in [2.75, 3.05) is 39.5 Å². The summed E-state index contributed by atoms with van der Waals surface area (Å²) in [5, 5.41) is 5.05. The molecule has 2 N–H and O–H groups in total. The lowest BCUT2D eigenvalue weighted by atomic mass is 9.86. The molecule has 0 aliphatic heterocycles. The quantitative estimate of drug-likeness (QED) is 0.0290. The van der Waals surface area contributed by atoms with Gasteiger partial charge in [-0.2, -0.15) is 0 Å². The second-order valence-electron chi connectivity index (χ2n) is 14.7. The van der Waals surface area contributed by atoms with Crippen LogP contribution in [0.4, 0.5) is 9.59 Å². The molecule has 0 aliphatic rings. The molecule has 2 amide bonds. The monoisotopic (exact) mass is 794 g/mol. The summed E-state index contributed by atoms with van der Waals surface area (Å²) in [7, 11) is 0. The first-order chi connectivity index (χ1) is 26.5. The number of rotatable bonds is 32. The number of hydrogen-bond donors (Lipinski definition) is 2. The molecule has 0 aliphatic carbocycles. The Morgan fingerprint density at radius 1 is 0.554 bits per heavy atom. The Morgan fingerprint density at radius 3 is 1.36 bits per heavy atom. The Labute approximate surface area is 334 Å². The van der Waals surface area contributed by atoms with Crippen LogP contribution in [0.5, 0.6) is 0 Å². The highest BCUT2D eigenvalue weighted by Crippen LogP contribution is 2.27. The van der Waals surface area contributed by atoms with E-state index in [4.69, 9.17) is 28.4 Å². The van der Waals surface area contributed by atoms with Crippen LogP contribution in [-0.4, -0.2) is 87.8 Å². The number of alkyl carbamates (subject to hydrolysis) is 2. The zero-order chi connectivity index (χ0) is 42.4. The second-order valence-corrected chi connectivity index (χ2v) is 14.7. The molecular formula is C42H70N2O12. The number of hydrogen-bond acceptors (Lipinski definition) is 12. The third-order valence-corrected chi connectivity index (χ3v) is 8.51. The van der Waals surface area contributed by atoms with Gasteiger partial charge in [0, 0.05) is 16.7 Å². The first kappa shape index (κ1) is 51.6. The Balaban J connectivity index is 5.20. The summed E-state index contributed by atoms with van der Waals surface area (Å²) in [6.45, 7) is 20.9. The van der Waals surface area contributed by atoms with Crippen LogP contribution in [0, 0.1) is 5.41 Å². The van der Waals surface area contributed by atoms with Gasteiger partial charge in [-0.25, -0.2) is 24.0 Å². The van der Waals surface area contributed by atoms with Crippen LogP contribution in [-0.2, 0) is 47.6 Å². The molecule has 14 heteroatoms. The van der Waals surface area contributed by atoms with Gasteiger partial charge >= 0.3 is 36.1 Å². The Bertz CT molecular complexity index is 1260. The van der Waals surface area contributed by atoms with Crippen molar-refractivity contribution in [3.63, 3.8) is 0 Å². The summed E-state index contributed by atoms with van der Waals surface area (Å²) in [5.74, 6) is -2.50. The van der Waals surface area contributed by atoms with Crippen LogP contribution in [0.1, 0.15) is 138 Å². The number of amides is 2. The van der Waals surface area contributed by atoms with Crippen molar-refractivity contribution in [3.05, 3.63) is 36.5 Å². The van der Waals surface area contributed by atoms with Crippen molar-refractivity contribution >= 4 is 36.1 Å². The maximum absolute atomic E-state index is 13.2. The molecule has 0 aromatic rings. The molecule has 0 bridgehead atoms. The molecule has 0 spiro atoms. The summed E-state index contributed by atoms with van der Waals surface area (Å²) in [4.78, 5) is 74.4. The Kier molecular flexibility index (Phi) is 28.4. The minimum Gasteiger partial charge on any atom is -0.461 e. The van der Waals surface area contributed by atoms with E-state index in [-0.39, 0.29) is 62.7 Å². The van der Waals surface area contributed by atoms with Crippen LogP contribution >= 0.6 is 0 Å². The third-order valence-electron chi connectivity index (χ3n) is 8.51. The molecule has 0 saturated carbocycles. The van der Waals surface area contributed by atoms with E-state index in [2.05, 4.69) is 44.2 Å². The predicted octanol–water partition coefficient (Wildman–Crippen LogP) is 7.97. The zero-order valence-electron chi connectivity index (χ0n) is 35.0. The van der Waals surface area contributed by atoms with Crippen LogP contribution in [0.25, 0.3) is 0 Å². The first-order valence-corrected chi connectivity index (χ1v) is 20.1. The number of carbonyl (C=O) groups excluding carboxylic acids is 6. The van der Waals surface area contributed by atoms with Crippen molar-refractivity contribution in [3.8, 4) is 0 Å². The summed E-state index contributed by atoms with van der Waals surface area (Å²) in [6.07, 6.45) is 10.1. The fraction of sp³-hybridized carbons (Fsp3) is 0.714. The van der Waals surface area contributed by atoms with Gasteiger partial charge in [0.25, 0.3) is 0 Å². The summed E-state index contributed by atoms with van der Waals surface area (Å²) in [5.41, 5.74) is -0.665. The molecule has 320 valence electrons. The molecule has 14 nitrogen and oxygen atoms in total. The van der Waals surface area contributed by atoms with E-state index in [0.29, 0.717) is 12.8 Å². The lowest BCUT2D eigenvalue weighted by Gasteiger charge is -2.25. The van der Waals surface area contributed by atoms with Gasteiger partial charge in [-0.1, -0.05) is 97.8 Å². The fourth-order valence-corrected chi connectivity index (χ4v) is 5.20. The summed E-state index contributed by atoms with van der Waals surface area (Å²) >= 11 is 0. The number of esters is 4. The summed E-state index contributed by atoms with van der Waals surface area (Å²) < 4.78 is 32.1. The maximum Gasteiger partial charge on any atom is 0.407 e. The SMILES string of the molecule is C=C(C)C(=O)OCCNC(=O)OC(CCCCCCCC)COC(=O)C(=C)CC(C)(C)C(=O)OCC(CCCCCCCC)OC(=O)NCCOC(=O)C(=C)C. The van der Waals surface area contributed by atoms with Crippen molar-refractivity contribution in [1.29, 1.82) is 0 Å². The minimum atomic E-state index is -1.18. The Morgan fingerprint density at radius 2 is 0.946 bits per heavy atom. The molecule has 2 unspecified atom stereocenters. The lowest BCUT2D eigenvalue weighted by Crippen LogP contribution is -2.36. The van der Waals surface area contributed by atoms with Crippen LogP contribution < -0.4 is 10.6 Å². The normalized spacial score (nSPS) is 12.0. The fourth-order valence-electron chi connectivity index (χ4n) is 5.20. The van der Waals surface area contributed by atoms with Crippen molar-refractivity contribution in [2.24, 2.45) is 5.41 Å². The highest BCUT2D eigenvalue weighted by molar-refractivity contribution is 5.89. The topological polar surface area (TPSA) is 182 Å². The van der Waals surface area contributed by atoms with E-state index in [9.17, 15) is 28.8 Å². The molecule has 2 atom stereocenters. The van der Waals surface area contributed by atoms with E-state index in [0.717, 1.165) is 77.0 Å². The van der Waals surface area contributed by atoms with Crippen molar-refractivity contribution in [1.82, 2.24) is 10.6 Å². The highest BCUT2D eigenvalue weighted by atomic mass is 16.6. The number of carbonyl (C=O) groups is 6. The molecule has 0 radical (unpaired) electrons. The second kappa shape index (κ2) is 30.8. The van der Waals surface area contributed by atoms with Gasteiger partial charge in [0.05, 0.1) is 18.5 Å². The van der Waals surface area contributed by atoms with Crippen molar-refractivity contribution in [2.45, 2.75) is 150 Å². The number of ether oxygens (including phenoxy) is 6. The molecule has 0 aromatic carbocycles. The van der Waals surface area contributed by atoms with Gasteiger partial charge in [-0.15, -0.1) is 0 Å². The van der Waals surface area contributed by atoms with Crippen LogP contribution in [0.2, 0.25) is 0 Å². The smallest absolute Gasteiger partial charge is 0.407 e. The van der Waals surface area contributed by atoms with E-state index >= 15 is 0 Å². The molecule has 0 saturated heterocycles. The van der Waals surface area contributed by atoms with E-state index in [1.54, 1.807) is 13.8 Å². The zero-order valence-corrected chi connectivity index (χ0v) is 35.0. The maximum atomic E-state index is 13.2. The standard InChI is InChI=1S/C42H70N2O12/c1-10-12-14-16-18-20-22-34(55-40(49)43-24-26-51-36(45)31(3)4)29-53-38(47)33(7)28-42(8,9)39(48)54-30-35(23-21-19-17-15-13-11-2)56-41(50)44-25-27-52-37(46)32(5)6/h34-35H,3,5,7,10-30H2,1-2,4,6,8-9H3,(H,43,49)(H,44,50). The van der Waals surface area contributed by atoms with Gasteiger partial charge in [-0.3, -0.25) is 4.79 Å². The average molecular weight is 795 g/mol. The lowest BCUT2D eigenvalue weighted by molar-refractivity contribution is -0.157. The minimum absolute atomic E-state index is 0.0251. The number of nitrogens with one attached hydrogen (secondary N) is 2. The number of unbranched alkanes of at least 4 members (excludes halogenated alkanes) is 10. The van der Waals surface area contributed by atoms with Gasteiger partial charge in [0.2, 0.25) is 0 Å². The molecule has 0 aromatic heterocycles. The molecule has 0 rings (SSSR count). The van der Waals surface area contributed by atoms with E-state index in [1.807, 2.05) is 0 Å². The third kappa shape index (κ3) is 26.4. The molecule has 0 fully saturated rings. The summed E-state index contributed by atoms with van der Waals surface area (Å²) in [6, 6.07) is 0. The van der Waals surface area contributed by atoms with Crippen molar-refractivity contribution < 1.29 is 57.2 Å². The largest absolute Gasteiger partial charge is 0.461 e. The molecule has 0 heterocycles. The van der Waals surface area contributed by atoms with Crippen LogP contribution in [0.15, 0.2) is 36.5 Å². The first-order valence-electron chi connectivity index (χ1n) is 20.1. The highest BCUT2D eigenvalue weighted by Gasteiger charge is 2.33. The predicted molar refractivity (Wildman–Crippen MR) is 214 cm³/mol. The average Bonchev–Trinajstić information content (AvgIpc) is 3.14. The van der Waals surface area contributed by atoms with Gasteiger partial charge in [-0.05, 0) is 59.8 Å². The van der Waals surface area contributed by atoms with E-state index in [1.165, 1.54) is 13.8 Å². The van der Waals surface area contributed by atoms with Gasteiger partial charge in [0.15, 0.2) is 0 Å². The molecular weight excluding hydrogens is 724 g/mol. The van der Waals surface area contributed by atoms with Gasteiger partial charge in [0.1, 0.15) is 38.6 Å². The Hall–Kier alpha value is -4.36. The van der Waals surface area contributed by atoms with E-state index < -0.39 is 53.7 Å². The van der Waals surface area contributed by atoms with Gasteiger partial charge < -0.3 is 39.1 Å².